The summed E-state index contributed by atoms with van der Waals surface area (Å²) in [6.45, 7) is 1.60. The zero-order chi connectivity index (χ0) is 13.2. The Morgan fingerprint density at radius 1 is 1.42 bits per heavy atom. The second-order valence-corrected chi connectivity index (χ2v) is 5.60. The van der Waals surface area contributed by atoms with Crippen molar-refractivity contribution in [3.8, 4) is 0 Å². The Morgan fingerprint density at radius 2 is 2.32 bits per heavy atom. The zero-order valence-electron chi connectivity index (χ0n) is 10.6. The van der Waals surface area contributed by atoms with Crippen molar-refractivity contribution in [3.05, 3.63) is 29.0 Å². The Morgan fingerprint density at radius 3 is 3.05 bits per heavy atom. The molecule has 3 nitrogen and oxygen atoms in total. The Labute approximate surface area is 122 Å². The molecule has 2 heterocycles. The van der Waals surface area contributed by atoms with Gasteiger partial charge in [0.1, 0.15) is 11.3 Å². The summed E-state index contributed by atoms with van der Waals surface area (Å²) in [5.41, 5.74) is 1.96. The monoisotopic (exact) mass is 298 g/mol. The normalized spacial score (nSPS) is 20.0. The number of aromatic nitrogens is 2. The highest BCUT2D eigenvalue weighted by Gasteiger charge is 2.22. The molecule has 1 atom stereocenters. The molecule has 0 bridgehead atoms. The smallest absolute Gasteiger partial charge is 0.111 e. The molecule has 5 heteroatoms. The summed E-state index contributed by atoms with van der Waals surface area (Å²) in [7, 11) is 0. The summed E-state index contributed by atoms with van der Waals surface area (Å²) < 4.78 is 7.87. The van der Waals surface area contributed by atoms with E-state index in [1.807, 2.05) is 12.1 Å². The summed E-state index contributed by atoms with van der Waals surface area (Å²) in [4.78, 5) is 4.67. The third kappa shape index (κ3) is 2.47. The average Bonchev–Trinajstić information content (AvgIpc) is 2.80. The van der Waals surface area contributed by atoms with Crippen molar-refractivity contribution in [2.45, 2.75) is 25.3 Å². The molecule has 1 aromatic heterocycles. The van der Waals surface area contributed by atoms with Gasteiger partial charge in [-0.3, -0.25) is 0 Å². The van der Waals surface area contributed by atoms with Gasteiger partial charge in [-0.1, -0.05) is 17.7 Å². The number of imidazole rings is 1. The fourth-order valence-electron chi connectivity index (χ4n) is 2.73. The molecule has 2 aromatic rings. The molecule has 1 saturated heterocycles. The van der Waals surface area contributed by atoms with Gasteiger partial charge in [0.2, 0.25) is 0 Å². The lowest BCUT2D eigenvalue weighted by Gasteiger charge is -2.25. The van der Waals surface area contributed by atoms with Gasteiger partial charge in [0.25, 0.3) is 0 Å². The van der Waals surface area contributed by atoms with E-state index in [4.69, 9.17) is 27.9 Å². The van der Waals surface area contributed by atoms with Crippen molar-refractivity contribution in [2.75, 3.05) is 19.1 Å². The van der Waals surface area contributed by atoms with E-state index in [-0.39, 0.29) is 0 Å². The Balaban J connectivity index is 2.13. The second-order valence-electron chi connectivity index (χ2n) is 4.82. The molecular weight excluding hydrogens is 283 g/mol. The maximum absolute atomic E-state index is 6.24. The molecule has 102 valence electrons. The van der Waals surface area contributed by atoms with Crippen LogP contribution in [0.2, 0.25) is 5.02 Å². The molecule has 1 aliphatic heterocycles. The van der Waals surface area contributed by atoms with E-state index in [9.17, 15) is 0 Å². The minimum Gasteiger partial charge on any atom is -0.379 e. The topological polar surface area (TPSA) is 27.1 Å². The van der Waals surface area contributed by atoms with E-state index < -0.39 is 0 Å². The van der Waals surface area contributed by atoms with Gasteiger partial charge >= 0.3 is 0 Å². The largest absolute Gasteiger partial charge is 0.379 e. The lowest BCUT2D eigenvalue weighted by Crippen LogP contribution is -2.23. The first-order valence-corrected chi connectivity index (χ1v) is 7.51. The number of hydrogen-bond acceptors (Lipinski definition) is 2. The van der Waals surface area contributed by atoms with Crippen LogP contribution in [0.5, 0.6) is 0 Å². The first-order chi connectivity index (χ1) is 9.31. The number of hydrogen-bond donors (Lipinski definition) is 0. The molecule has 0 N–H and O–H groups in total. The van der Waals surface area contributed by atoms with Gasteiger partial charge in [0.05, 0.1) is 23.2 Å². The van der Waals surface area contributed by atoms with Crippen molar-refractivity contribution in [3.63, 3.8) is 0 Å². The minimum atomic E-state index is 0.343. The average molecular weight is 299 g/mol. The molecule has 1 unspecified atom stereocenters. The number of para-hydroxylation sites is 1. The summed E-state index contributed by atoms with van der Waals surface area (Å²) in [6, 6.07) is 6.26. The van der Waals surface area contributed by atoms with Crippen LogP contribution in [0.4, 0.5) is 0 Å². The van der Waals surface area contributed by atoms with E-state index in [0.29, 0.717) is 16.9 Å². The van der Waals surface area contributed by atoms with E-state index in [2.05, 4.69) is 15.6 Å². The second kappa shape index (κ2) is 5.70. The lowest BCUT2D eigenvalue weighted by atomic mass is 10.1. The predicted molar refractivity (Wildman–Crippen MR) is 78.3 cm³/mol. The Bertz CT molecular complexity index is 576. The van der Waals surface area contributed by atoms with Crippen LogP contribution >= 0.6 is 23.2 Å². The molecule has 0 amide bonds. The molecule has 3 rings (SSSR count). The fraction of sp³-hybridized carbons (Fsp3) is 0.500. The molecule has 1 aliphatic rings. The number of benzene rings is 1. The lowest BCUT2D eigenvalue weighted by molar-refractivity contribution is 0.0596. The Kier molecular flexibility index (Phi) is 3.96. The molecule has 0 spiro atoms. The first kappa shape index (κ1) is 13.2. The van der Waals surface area contributed by atoms with E-state index in [1.54, 1.807) is 0 Å². The van der Waals surface area contributed by atoms with Crippen molar-refractivity contribution >= 4 is 34.2 Å². The number of ether oxygens (including phenoxy) is 1. The van der Waals surface area contributed by atoms with Crippen molar-refractivity contribution < 1.29 is 4.74 Å². The van der Waals surface area contributed by atoms with Crippen LogP contribution < -0.4 is 0 Å². The quantitative estimate of drug-likeness (QED) is 0.806. The Hall–Kier alpha value is -0.770. The summed E-state index contributed by atoms with van der Waals surface area (Å²) >= 11 is 12.1. The number of aryl methyl sites for hydroxylation is 1. The van der Waals surface area contributed by atoms with Gasteiger partial charge in [0, 0.05) is 18.9 Å². The number of rotatable bonds is 3. The molecule has 0 radical (unpaired) electrons. The van der Waals surface area contributed by atoms with Gasteiger partial charge in [-0.2, -0.15) is 0 Å². The molecular formula is C14H16Cl2N2O. The standard InChI is InChI=1S/C14H16Cl2N2O/c15-7-6-13-17-14-11(16)4-1-5-12(14)18(13)10-3-2-8-19-9-10/h1,4-5,10H,2-3,6-9H2. The minimum absolute atomic E-state index is 0.343. The first-order valence-electron chi connectivity index (χ1n) is 6.60. The SMILES string of the molecule is ClCCc1nc2c(Cl)cccc2n1C1CCCOC1. The van der Waals surface area contributed by atoms with E-state index >= 15 is 0 Å². The number of fused-ring (bicyclic) bond motifs is 1. The van der Waals surface area contributed by atoms with Crippen LogP contribution in [0.3, 0.4) is 0 Å². The number of halogens is 2. The molecule has 1 aromatic carbocycles. The number of alkyl halides is 1. The summed E-state index contributed by atoms with van der Waals surface area (Å²) in [6.07, 6.45) is 2.96. The molecule has 0 aliphatic carbocycles. The van der Waals surface area contributed by atoms with Gasteiger partial charge in [0.15, 0.2) is 0 Å². The van der Waals surface area contributed by atoms with Gasteiger partial charge in [-0.15, -0.1) is 11.6 Å². The molecule has 0 saturated carbocycles. The molecule has 1 fully saturated rings. The third-order valence-corrected chi connectivity index (χ3v) is 4.06. The van der Waals surface area contributed by atoms with E-state index in [0.717, 1.165) is 49.3 Å². The fourth-order valence-corrected chi connectivity index (χ4v) is 3.11. The van der Waals surface area contributed by atoms with Gasteiger partial charge < -0.3 is 9.30 Å². The van der Waals surface area contributed by atoms with Crippen LogP contribution in [0.25, 0.3) is 11.0 Å². The van der Waals surface area contributed by atoms with Crippen molar-refractivity contribution in [1.29, 1.82) is 0 Å². The van der Waals surface area contributed by atoms with Crippen molar-refractivity contribution in [1.82, 2.24) is 9.55 Å². The van der Waals surface area contributed by atoms with Crippen LogP contribution in [-0.4, -0.2) is 28.6 Å². The zero-order valence-corrected chi connectivity index (χ0v) is 12.1. The van der Waals surface area contributed by atoms with Gasteiger partial charge in [-0.05, 0) is 25.0 Å². The highest BCUT2D eigenvalue weighted by molar-refractivity contribution is 6.34. The molecule has 19 heavy (non-hydrogen) atoms. The van der Waals surface area contributed by atoms with Crippen molar-refractivity contribution in [2.24, 2.45) is 0 Å². The van der Waals surface area contributed by atoms with Crippen LogP contribution in [0.1, 0.15) is 24.7 Å². The number of nitrogens with zero attached hydrogens (tertiary/aromatic N) is 2. The van der Waals surface area contributed by atoms with Crippen LogP contribution in [-0.2, 0) is 11.2 Å². The van der Waals surface area contributed by atoms with Crippen LogP contribution in [0.15, 0.2) is 18.2 Å². The van der Waals surface area contributed by atoms with Gasteiger partial charge in [-0.25, -0.2) is 4.98 Å². The highest BCUT2D eigenvalue weighted by atomic mass is 35.5. The van der Waals surface area contributed by atoms with Crippen LogP contribution in [0, 0.1) is 0 Å². The summed E-state index contributed by atoms with van der Waals surface area (Å²) in [5.74, 6) is 1.57. The maximum atomic E-state index is 6.24. The maximum Gasteiger partial charge on any atom is 0.111 e. The predicted octanol–water partition coefficient (Wildman–Crippen LogP) is 3.82. The highest BCUT2D eigenvalue weighted by Crippen LogP contribution is 2.30. The third-order valence-electron chi connectivity index (χ3n) is 3.56. The van der Waals surface area contributed by atoms with E-state index in [1.165, 1.54) is 0 Å². The summed E-state index contributed by atoms with van der Waals surface area (Å²) in [5, 5.41) is 0.698.